The monoisotopic (exact) mass is 393 g/mol. The van der Waals surface area contributed by atoms with Crippen LogP contribution in [-0.2, 0) is 4.79 Å². The predicted octanol–water partition coefficient (Wildman–Crippen LogP) is 2.67. The van der Waals surface area contributed by atoms with Gasteiger partial charge in [-0.15, -0.1) is 12.4 Å². The topological polar surface area (TPSA) is 49.6 Å². The number of nitrogens with zero attached hydrogens (tertiary/aromatic N) is 2. The maximum Gasteiger partial charge on any atom is 0.239 e. The number of hydrogen-bond acceptors (Lipinski definition) is 4. The molecule has 0 aromatic heterocycles. The van der Waals surface area contributed by atoms with E-state index in [1.807, 2.05) is 13.2 Å². The molecule has 142 valence electrons. The summed E-state index contributed by atoms with van der Waals surface area (Å²) in [6, 6.07) is 3.07. The molecule has 1 aromatic carbocycles. The number of amides is 1. The van der Waals surface area contributed by atoms with Crippen molar-refractivity contribution in [3.8, 4) is 0 Å². The maximum atomic E-state index is 13.9. The van der Waals surface area contributed by atoms with Crippen LogP contribution in [-0.4, -0.2) is 59.9 Å². The lowest BCUT2D eigenvalue weighted by molar-refractivity contribution is -0.134. The highest BCUT2D eigenvalue weighted by Crippen LogP contribution is 2.24. The van der Waals surface area contributed by atoms with Gasteiger partial charge in [-0.05, 0) is 31.4 Å². The molecule has 25 heavy (non-hydrogen) atoms. The van der Waals surface area contributed by atoms with E-state index in [0.29, 0.717) is 38.2 Å². The van der Waals surface area contributed by atoms with Crippen LogP contribution in [0.15, 0.2) is 18.2 Å². The van der Waals surface area contributed by atoms with Crippen molar-refractivity contribution in [2.45, 2.75) is 25.4 Å². The molecule has 1 aromatic rings. The maximum absolute atomic E-state index is 13.9. The summed E-state index contributed by atoms with van der Waals surface area (Å²) in [5, 5.41) is 0. The summed E-state index contributed by atoms with van der Waals surface area (Å²) in [6.45, 7) is 4.37. The van der Waals surface area contributed by atoms with Gasteiger partial charge in [0.25, 0.3) is 0 Å². The zero-order chi connectivity index (χ0) is 17.7. The van der Waals surface area contributed by atoms with E-state index < -0.39 is 17.7 Å². The Labute approximate surface area is 158 Å². The van der Waals surface area contributed by atoms with Gasteiger partial charge >= 0.3 is 0 Å². The van der Waals surface area contributed by atoms with Crippen LogP contribution in [0.5, 0.6) is 0 Å². The van der Waals surface area contributed by atoms with Crippen LogP contribution in [0.2, 0.25) is 0 Å². The van der Waals surface area contributed by atoms with Crippen LogP contribution in [0.4, 0.5) is 8.78 Å². The van der Waals surface area contributed by atoms with Gasteiger partial charge < -0.3 is 10.6 Å². The van der Waals surface area contributed by atoms with Crippen molar-refractivity contribution in [2.24, 2.45) is 5.73 Å². The lowest BCUT2D eigenvalue weighted by Crippen LogP contribution is -2.53. The third-order valence-corrected chi connectivity index (χ3v) is 5.18. The fourth-order valence-electron chi connectivity index (χ4n) is 2.97. The van der Waals surface area contributed by atoms with Crippen LogP contribution >= 0.6 is 24.2 Å². The third kappa shape index (κ3) is 5.81. The molecule has 0 spiro atoms. The Hall–Kier alpha value is -0.890. The minimum absolute atomic E-state index is 0. The van der Waals surface area contributed by atoms with E-state index in [1.54, 1.807) is 16.7 Å². The molecule has 1 fully saturated rings. The number of benzene rings is 1. The Morgan fingerprint density at radius 3 is 2.48 bits per heavy atom. The Morgan fingerprint density at radius 2 is 1.92 bits per heavy atom. The molecule has 1 amide bonds. The molecule has 2 rings (SSSR count). The number of nitrogens with two attached hydrogens (primary N) is 1. The van der Waals surface area contributed by atoms with Gasteiger partial charge in [0.05, 0.1) is 6.04 Å². The summed E-state index contributed by atoms with van der Waals surface area (Å²) in [7, 11) is 0. The van der Waals surface area contributed by atoms with Crippen LogP contribution in [0, 0.1) is 11.6 Å². The van der Waals surface area contributed by atoms with Gasteiger partial charge in [0.2, 0.25) is 5.91 Å². The first-order chi connectivity index (χ1) is 11.4. The molecule has 0 bridgehead atoms. The molecule has 0 aliphatic carbocycles. The summed E-state index contributed by atoms with van der Waals surface area (Å²) in [5.41, 5.74) is 6.43. The molecule has 1 saturated heterocycles. The first kappa shape index (κ1) is 22.2. The third-order valence-electron chi connectivity index (χ3n) is 4.54. The van der Waals surface area contributed by atoms with E-state index in [1.165, 1.54) is 12.1 Å². The van der Waals surface area contributed by atoms with Crippen molar-refractivity contribution in [2.75, 3.05) is 38.2 Å². The number of carbonyl (C=O) groups excluding carboxylic acids is 1. The largest absolute Gasteiger partial charge is 0.339 e. The minimum atomic E-state index is -0.571. The molecule has 1 aliphatic rings. The molecule has 1 heterocycles. The molecule has 1 unspecified atom stereocenters. The number of rotatable bonds is 6. The molecule has 0 saturated carbocycles. The van der Waals surface area contributed by atoms with Gasteiger partial charge in [0.15, 0.2) is 0 Å². The molecule has 8 heteroatoms. The number of thioether (sulfide) groups is 1. The highest BCUT2D eigenvalue weighted by molar-refractivity contribution is 7.98. The SMILES string of the molecule is CSCC[C@H](N)C(=O)N1CCN(C(C)c2ccc(F)cc2F)CC1.Cl. The molecular formula is C17H26ClF2N3OS. The molecule has 1 aliphatic heterocycles. The molecule has 2 N–H and O–H groups in total. The fourth-order valence-corrected chi connectivity index (χ4v) is 3.46. The molecular weight excluding hydrogens is 368 g/mol. The highest BCUT2D eigenvalue weighted by Gasteiger charge is 2.28. The minimum Gasteiger partial charge on any atom is -0.339 e. The smallest absolute Gasteiger partial charge is 0.239 e. The van der Waals surface area contributed by atoms with Crippen molar-refractivity contribution < 1.29 is 13.6 Å². The standard InChI is InChI=1S/C17H25F2N3OS.ClH/c1-12(14-4-3-13(18)11-15(14)19)21-6-8-22(9-7-21)17(23)16(20)5-10-24-2;/h3-4,11-12,16H,5-10,20H2,1-2H3;1H/t12?,16-;/m0./s1. The summed E-state index contributed by atoms with van der Waals surface area (Å²) in [4.78, 5) is 16.2. The van der Waals surface area contributed by atoms with E-state index in [0.717, 1.165) is 11.8 Å². The number of halogens is 3. The highest BCUT2D eigenvalue weighted by atomic mass is 35.5. The average molecular weight is 394 g/mol. The van der Waals surface area contributed by atoms with E-state index in [9.17, 15) is 13.6 Å². The Balaban J connectivity index is 0.00000312. The van der Waals surface area contributed by atoms with Crippen molar-refractivity contribution in [1.82, 2.24) is 9.80 Å². The van der Waals surface area contributed by atoms with Gasteiger partial charge in [-0.25, -0.2) is 8.78 Å². The van der Waals surface area contributed by atoms with Gasteiger partial charge in [0.1, 0.15) is 11.6 Å². The summed E-state index contributed by atoms with van der Waals surface area (Å²) < 4.78 is 27.0. The van der Waals surface area contributed by atoms with Crippen molar-refractivity contribution >= 4 is 30.1 Å². The molecule has 0 radical (unpaired) electrons. The second-order valence-corrected chi connectivity index (χ2v) is 7.08. The predicted molar refractivity (Wildman–Crippen MR) is 101 cm³/mol. The van der Waals surface area contributed by atoms with Gasteiger partial charge in [0, 0.05) is 43.9 Å². The Kier molecular flexibility index (Phi) is 9.13. The lowest BCUT2D eigenvalue weighted by Gasteiger charge is -2.39. The first-order valence-corrected chi connectivity index (χ1v) is 9.55. The van der Waals surface area contributed by atoms with E-state index >= 15 is 0 Å². The van der Waals surface area contributed by atoms with Crippen molar-refractivity contribution in [3.63, 3.8) is 0 Å². The lowest BCUT2D eigenvalue weighted by atomic mass is 10.0. The normalized spacial score (nSPS) is 17.7. The zero-order valence-corrected chi connectivity index (χ0v) is 16.2. The van der Waals surface area contributed by atoms with Gasteiger partial charge in [-0.3, -0.25) is 9.69 Å². The van der Waals surface area contributed by atoms with E-state index in [4.69, 9.17) is 5.73 Å². The molecule has 4 nitrogen and oxygen atoms in total. The molecule has 2 atom stereocenters. The van der Waals surface area contributed by atoms with Gasteiger partial charge in [-0.2, -0.15) is 11.8 Å². The Morgan fingerprint density at radius 1 is 1.28 bits per heavy atom. The fraction of sp³-hybridized carbons (Fsp3) is 0.588. The number of hydrogen-bond donors (Lipinski definition) is 1. The van der Waals surface area contributed by atoms with Crippen LogP contribution in [0.25, 0.3) is 0 Å². The number of carbonyl (C=O) groups is 1. The van der Waals surface area contributed by atoms with E-state index in [-0.39, 0.29) is 24.4 Å². The van der Waals surface area contributed by atoms with Crippen molar-refractivity contribution in [3.05, 3.63) is 35.4 Å². The van der Waals surface area contributed by atoms with Gasteiger partial charge in [-0.1, -0.05) is 6.07 Å². The van der Waals surface area contributed by atoms with Crippen LogP contribution in [0.1, 0.15) is 24.9 Å². The first-order valence-electron chi connectivity index (χ1n) is 8.16. The summed E-state index contributed by atoms with van der Waals surface area (Å²) >= 11 is 1.68. The average Bonchev–Trinajstić information content (AvgIpc) is 2.58. The van der Waals surface area contributed by atoms with Crippen LogP contribution in [0.3, 0.4) is 0 Å². The van der Waals surface area contributed by atoms with E-state index in [2.05, 4.69) is 4.90 Å². The summed E-state index contributed by atoms with van der Waals surface area (Å²) in [6.07, 6.45) is 2.67. The zero-order valence-electron chi connectivity index (χ0n) is 14.6. The second-order valence-electron chi connectivity index (χ2n) is 6.09. The van der Waals surface area contributed by atoms with Crippen LogP contribution < -0.4 is 5.73 Å². The Bertz CT molecular complexity index is 571. The number of piperazine rings is 1. The summed E-state index contributed by atoms with van der Waals surface area (Å²) in [5.74, 6) is -0.240. The second kappa shape index (κ2) is 10.3. The van der Waals surface area contributed by atoms with Crippen molar-refractivity contribution in [1.29, 1.82) is 0 Å². The quantitative estimate of drug-likeness (QED) is 0.807.